The van der Waals surface area contributed by atoms with Gasteiger partial charge in [0.05, 0.1) is 24.2 Å². The summed E-state index contributed by atoms with van der Waals surface area (Å²) in [5.74, 6) is 0. The second-order valence-corrected chi connectivity index (χ2v) is 2.96. The first kappa shape index (κ1) is 7.32. The first-order valence-electron chi connectivity index (χ1n) is 3.14. The smallest absolute Gasteiger partial charge is 0.0825 e. The average molecular weight is 151 g/mol. The molecule has 0 amide bonds. The van der Waals surface area contributed by atoms with Gasteiger partial charge in [-0.1, -0.05) is 0 Å². The lowest BCUT2D eigenvalue weighted by atomic mass is 10.2. The van der Waals surface area contributed by atoms with E-state index >= 15 is 0 Å². The van der Waals surface area contributed by atoms with Crippen molar-refractivity contribution in [1.29, 1.82) is 0 Å². The van der Waals surface area contributed by atoms with Crippen LogP contribution < -0.4 is 0 Å². The monoisotopic (exact) mass is 150 g/mol. The summed E-state index contributed by atoms with van der Waals surface area (Å²) in [6.45, 7) is 2.01. The van der Waals surface area contributed by atoms with Crippen LogP contribution in [0.5, 0.6) is 0 Å². The molecule has 3 heteroatoms. The van der Waals surface area contributed by atoms with E-state index in [9.17, 15) is 0 Å². The van der Waals surface area contributed by atoms with Crippen molar-refractivity contribution in [2.45, 2.75) is 30.9 Å². The molecule has 1 heterocycles. The zero-order chi connectivity index (χ0) is 6.85. The quantitative estimate of drug-likeness (QED) is 0.560. The summed E-state index contributed by atoms with van der Waals surface area (Å²) >= 11 is 5.80. The summed E-state index contributed by atoms with van der Waals surface area (Å²) in [4.78, 5) is 0. The Morgan fingerprint density at radius 2 is 2.44 bits per heavy atom. The second kappa shape index (κ2) is 2.86. The van der Waals surface area contributed by atoms with Crippen LogP contribution in [0.15, 0.2) is 0 Å². The number of halogens is 1. The van der Waals surface area contributed by atoms with Gasteiger partial charge in [-0.3, -0.25) is 0 Å². The predicted octanol–water partition coefficient (Wildman–Crippen LogP) is 0.763. The summed E-state index contributed by atoms with van der Waals surface area (Å²) in [6.07, 6.45) is 0.852. The van der Waals surface area contributed by atoms with Crippen LogP contribution in [-0.4, -0.2) is 29.3 Å². The van der Waals surface area contributed by atoms with Gasteiger partial charge in [0.25, 0.3) is 0 Å². The SMILES string of the molecule is C[C@@H]1OC(CO)C[C@@H]1Cl. The third-order valence-corrected chi connectivity index (χ3v) is 2.14. The van der Waals surface area contributed by atoms with Gasteiger partial charge in [0.15, 0.2) is 0 Å². The van der Waals surface area contributed by atoms with E-state index in [0.717, 1.165) is 6.42 Å². The van der Waals surface area contributed by atoms with Crippen LogP contribution in [-0.2, 0) is 4.74 Å². The molecule has 9 heavy (non-hydrogen) atoms. The zero-order valence-corrected chi connectivity index (χ0v) is 6.14. The summed E-state index contributed by atoms with van der Waals surface area (Å²) in [5, 5.41) is 8.70. The Bertz CT molecular complexity index is 87.1. The van der Waals surface area contributed by atoms with Gasteiger partial charge < -0.3 is 9.84 Å². The molecule has 2 nitrogen and oxygen atoms in total. The molecular formula is C6H11ClO2. The van der Waals surface area contributed by atoms with E-state index in [0.29, 0.717) is 0 Å². The van der Waals surface area contributed by atoms with E-state index in [2.05, 4.69) is 0 Å². The Morgan fingerprint density at radius 3 is 2.67 bits per heavy atom. The normalized spacial score (nSPS) is 43.7. The van der Waals surface area contributed by atoms with Gasteiger partial charge >= 0.3 is 0 Å². The van der Waals surface area contributed by atoms with Crippen LogP contribution in [0, 0.1) is 0 Å². The van der Waals surface area contributed by atoms with E-state index in [4.69, 9.17) is 21.4 Å². The largest absolute Gasteiger partial charge is 0.394 e. The van der Waals surface area contributed by atoms with Gasteiger partial charge in [0.1, 0.15) is 0 Å². The number of alkyl halides is 1. The van der Waals surface area contributed by atoms with Crippen LogP contribution in [0.25, 0.3) is 0 Å². The molecule has 1 aliphatic rings. The van der Waals surface area contributed by atoms with Gasteiger partial charge in [-0.2, -0.15) is 0 Å². The lowest BCUT2D eigenvalue weighted by Gasteiger charge is -2.05. The Labute approximate surface area is 59.8 Å². The number of hydrogen-bond acceptors (Lipinski definition) is 2. The lowest BCUT2D eigenvalue weighted by molar-refractivity contribution is 0.0202. The number of hydrogen-bond donors (Lipinski definition) is 1. The van der Waals surface area contributed by atoms with Crippen molar-refractivity contribution < 1.29 is 9.84 Å². The highest BCUT2D eigenvalue weighted by Crippen LogP contribution is 2.23. The highest BCUT2D eigenvalue weighted by molar-refractivity contribution is 6.21. The molecule has 1 unspecified atom stereocenters. The van der Waals surface area contributed by atoms with Crippen LogP contribution in [0.4, 0.5) is 0 Å². The third kappa shape index (κ3) is 1.57. The molecule has 1 N–H and O–H groups in total. The summed E-state index contributed by atoms with van der Waals surface area (Å²) in [5.41, 5.74) is 0. The molecule has 3 atom stereocenters. The number of rotatable bonds is 1. The van der Waals surface area contributed by atoms with Crippen molar-refractivity contribution in [3.05, 3.63) is 0 Å². The minimum Gasteiger partial charge on any atom is -0.394 e. The van der Waals surface area contributed by atoms with Gasteiger partial charge in [0.2, 0.25) is 0 Å². The highest BCUT2D eigenvalue weighted by atomic mass is 35.5. The van der Waals surface area contributed by atoms with E-state index in [1.54, 1.807) is 0 Å². The van der Waals surface area contributed by atoms with Crippen molar-refractivity contribution in [3.8, 4) is 0 Å². The second-order valence-electron chi connectivity index (χ2n) is 2.40. The zero-order valence-electron chi connectivity index (χ0n) is 5.38. The van der Waals surface area contributed by atoms with Gasteiger partial charge in [-0.05, 0) is 13.3 Å². The maximum atomic E-state index is 8.62. The lowest BCUT2D eigenvalue weighted by Crippen LogP contribution is -2.12. The molecule has 0 radical (unpaired) electrons. The molecule has 1 fully saturated rings. The summed E-state index contributed by atoms with van der Waals surface area (Å²) in [6, 6.07) is 0. The summed E-state index contributed by atoms with van der Waals surface area (Å²) in [7, 11) is 0. The van der Waals surface area contributed by atoms with E-state index in [1.165, 1.54) is 0 Å². The maximum absolute atomic E-state index is 8.62. The fourth-order valence-electron chi connectivity index (χ4n) is 1.00. The number of ether oxygens (including phenoxy) is 1. The molecule has 1 saturated heterocycles. The standard InChI is InChI=1S/C6H11ClO2/c1-4-6(7)2-5(3-8)9-4/h4-6,8H,2-3H2,1H3/t4-,5?,6-/m0/s1. The molecule has 0 spiro atoms. The Balaban J connectivity index is 2.35. The fraction of sp³-hybridized carbons (Fsp3) is 1.00. The van der Waals surface area contributed by atoms with Crippen molar-refractivity contribution in [1.82, 2.24) is 0 Å². The van der Waals surface area contributed by atoms with Crippen LogP contribution in [0.2, 0.25) is 0 Å². The maximum Gasteiger partial charge on any atom is 0.0825 e. The van der Waals surface area contributed by atoms with Crippen LogP contribution >= 0.6 is 11.6 Å². The minimum absolute atomic E-state index is 0.0255. The van der Waals surface area contributed by atoms with Gasteiger partial charge in [-0.15, -0.1) is 11.6 Å². The first-order chi connectivity index (χ1) is 4.24. The molecule has 0 aromatic carbocycles. The topological polar surface area (TPSA) is 29.5 Å². The average Bonchev–Trinajstić information content (AvgIpc) is 2.13. The minimum atomic E-state index is -0.0255. The Kier molecular flexibility index (Phi) is 2.33. The molecule has 0 aliphatic carbocycles. The van der Waals surface area contributed by atoms with Gasteiger partial charge in [-0.25, -0.2) is 0 Å². The van der Waals surface area contributed by atoms with E-state index in [-0.39, 0.29) is 24.2 Å². The van der Waals surface area contributed by atoms with Crippen molar-refractivity contribution >= 4 is 11.6 Å². The molecule has 1 aliphatic heterocycles. The molecule has 0 saturated carbocycles. The Hall–Kier alpha value is 0.210. The molecule has 54 valence electrons. The summed E-state index contributed by atoms with van der Waals surface area (Å²) < 4.78 is 5.24. The van der Waals surface area contributed by atoms with Gasteiger partial charge in [0, 0.05) is 0 Å². The first-order valence-corrected chi connectivity index (χ1v) is 3.58. The van der Waals surface area contributed by atoms with Crippen LogP contribution in [0.3, 0.4) is 0 Å². The van der Waals surface area contributed by atoms with E-state index in [1.807, 2.05) is 6.92 Å². The van der Waals surface area contributed by atoms with Crippen molar-refractivity contribution in [2.24, 2.45) is 0 Å². The predicted molar refractivity (Wildman–Crippen MR) is 35.7 cm³/mol. The highest BCUT2D eigenvalue weighted by Gasteiger charge is 2.29. The Morgan fingerprint density at radius 1 is 1.78 bits per heavy atom. The molecule has 0 aromatic heterocycles. The van der Waals surface area contributed by atoms with Crippen LogP contribution in [0.1, 0.15) is 13.3 Å². The fourth-order valence-corrected chi connectivity index (χ4v) is 1.26. The number of aliphatic hydroxyl groups is 1. The van der Waals surface area contributed by atoms with Crippen molar-refractivity contribution in [2.75, 3.05) is 6.61 Å². The molecule has 1 rings (SSSR count). The van der Waals surface area contributed by atoms with Crippen molar-refractivity contribution in [3.63, 3.8) is 0 Å². The molecule has 0 aromatic rings. The third-order valence-electron chi connectivity index (χ3n) is 1.61. The number of aliphatic hydroxyl groups excluding tert-OH is 1. The molecular weight excluding hydrogens is 140 g/mol. The van der Waals surface area contributed by atoms with E-state index < -0.39 is 0 Å². The molecule has 0 bridgehead atoms.